The Morgan fingerprint density at radius 2 is 1.48 bits per heavy atom. The van der Waals surface area contributed by atoms with E-state index in [9.17, 15) is 10.1 Å². The molecule has 2 aromatic rings. The number of nitro groups is 1. The van der Waals surface area contributed by atoms with Gasteiger partial charge in [-0.2, -0.15) is 0 Å². The average molecular weight is 308 g/mol. The normalized spacial score (nSPS) is 9.76. The van der Waals surface area contributed by atoms with Gasteiger partial charge >= 0.3 is 0 Å². The van der Waals surface area contributed by atoms with Crippen LogP contribution in [0.3, 0.4) is 0 Å². The highest BCUT2D eigenvalue weighted by atomic mass is 35.5. The summed E-state index contributed by atoms with van der Waals surface area (Å²) >= 11 is 0. The monoisotopic (exact) mass is 307 g/mol. The molecule has 0 saturated carbocycles. The summed E-state index contributed by atoms with van der Waals surface area (Å²) in [5, 5.41) is 13.8. The molecular weight excluding hydrogens is 292 g/mol. The van der Waals surface area contributed by atoms with Gasteiger partial charge in [-0.05, 0) is 23.3 Å². The van der Waals surface area contributed by atoms with E-state index in [-0.39, 0.29) is 18.1 Å². The molecule has 0 fully saturated rings. The van der Waals surface area contributed by atoms with Gasteiger partial charge in [-0.3, -0.25) is 10.1 Å². The number of nitrogens with zero attached hydrogens (tertiary/aromatic N) is 1. The third kappa shape index (κ3) is 5.06. The maximum Gasteiger partial charge on any atom is 0.269 e. The zero-order valence-corrected chi connectivity index (χ0v) is 12.3. The molecule has 2 rings (SSSR count). The molecule has 112 valence electrons. The van der Waals surface area contributed by atoms with Crippen molar-refractivity contribution in [2.24, 2.45) is 0 Å². The van der Waals surface area contributed by atoms with Gasteiger partial charge in [0.1, 0.15) is 5.75 Å². The zero-order chi connectivity index (χ0) is 14.4. The van der Waals surface area contributed by atoms with Crippen LogP contribution in [0.15, 0.2) is 48.5 Å². The average Bonchev–Trinajstić information content (AvgIpc) is 2.48. The van der Waals surface area contributed by atoms with Gasteiger partial charge in [0.2, 0.25) is 0 Å². The fraction of sp³-hybridized carbons (Fsp3) is 0.200. The molecule has 0 aromatic heterocycles. The Hall–Kier alpha value is -2.11. The second kappa shape index (κ2) is 8.24. The highest BCUT2D eigenvalue weighted by Gasteiger charge is 2.03. The maximum atomic E-state index is 10.5. The first-order valence-corrected chi connectivity index (χ1v) is 6.26. The lowest BCUT2D eigenvalue weighted by Gasteiger charge is -2.06. The molecule has 0 saturated heterocycles. The number of ether oxygens (including phenoxy) is 1. The molecule has 0 radical (unpaired) electrons. The number of rotatable bonds is 6. The van der Waals surface area contributed by atoms with E-state index >= 15 is 0 Å². The molecule has 1 N–H and O–H groups in total. The summed E-state index contributed by atoms with van der Waals surface area (Å²) < 4.78 is 5.10. The lowest BCUT2D eigenvalue weighted by Crippen LogP contribution is -3.00. The van der Waals surface area contributed by atoms with E-state index in [1.54, 1.807) is 19.2 Å². The van der Waals surface area contributed by atoms with Crippen LogP contribution >= 0.6 is 0 Å². The van der Waals surface area contributed by atoms with Gasteiger partial charge in [-0.25, -0.2) is 0 Å². The Kier molecular flexibility index (Phi) is 6.65. The Morgan fingerprint density at radius 3 is 1.90 bits per heavy atom. The minimum atomic E-state index is -0.394. The maximum absolute atomic E-state index is 10.5. The summed E-state index contributed by atoms with van der Waals surface area (Å²) in [5.74, 6) is 0.837. The van der Waals surface area contributed by atoms with Crippen LogP contribution in [-0.4, -0.2) is 12.0 Å². The van der Waals surface area contributed by atoms with E-state index < -0.39 is 4.92 Å². The lowest BCUT2D eigenvalue weighted by atomic mass is 10.2. The number of benzene rings is 2. The van der Waals surface area contributed by atoms with E-state index in [4.69, 9.17) is 4.74 Å². The van der Waals surface area contributed by atoms with Crippen LogP contribution in [0.2, 0.25) is 0 Å². The first-order chi connectivity index (χ1) is 9.69. The van der Waals surface area contributed by atoms with E-state index in [0.29, 0.717) is 6.54 Å². The molecule has 0 aliphatic carbocycles. The van der Waals surface area contributed by atoms with Gasteiger partial charge in [0, 0.05) is 25.2 Å². The molecule has 0 heterocycles. The summed E-state index contributed by atoms with van der Waals surface area (Å²) in [6.07, 6.45) is 0. The summed E-state index contributed by atoms with van der Waals surface area (Å²) in [6.45, 7) is 1.41. The number of methoxy groups -OCH3 is 1. The number of non-ortho nitro benzene ring substituents is 1. The van der Waals surface area contributed by atoms with E-state index in [1.807, 2.05) is 24.3 Å². The van der Waals surface area contributed by atoms with Crippen molar-refractivity contribution in [3.8, 4) is 5.75 Å². The topological polar surface area (TPSA) is 64.4 Å². The largest absolute Gasteiger partial charge is 1.00 e. The van der Waals surface area contributed by atoms with Crippen LogP contribution in [0.25, 0.3) is 0 Å². The number of halogens is 1. The Labute approximate surface area is 129 Å². The van der Waals surface area contributed by atoms with Crippen LogP contribution in [-0.2, 0) is 13.1 Å². The van der Waals surface area contributed by atoms with Crippen LogP contribution < -0.4 is 22.5 Å². The van der Waals surface area contributed by atoms with Crippen molar-refractivity contribution in [1.82, 2.24) is 5.32 Å². The minimum absolute atomic E-state index is 0. The smallest absolute Gasteiger partial charge is 0.269 e. The second-order valence-corrected chi connectivity index (χ2v) is 4.38. The molecule has 6 heteroatoms. The Bertz CT molecular complexity index is 570. The summed E-state index contributed by atoms with van der Waals surface area (Å²) in [6, 6.07) is 14.4. The predicted molar refractivity (Wildman–Crippen MR) is 76.6 cm³/mol. The van der Waals surface area contributed by atoms with Gasteiger partial charge in [0.15, 0.2) is 0 Å². The van der Waals surface area contributed by atoms with Crippen molar-refractivity contribution >= 4 is 5.69 Å². The lowest BCUT2D eigenvalue weighted by molar-refractivity contribution is -0.384. The summed E-state index contributed by atoms with van der Waals surface area (Å²) in [7, 11) is 1.64. The van der Waals surface area contributed by atoms with Crippen molar-refractivity contribution in [2.45, 2.75) is 13.1 Å². The Morgan fingerprint density at radius 1 is 1.00 bits per heavy atom. The van der Waals surface area contributed by atoms with Crippen LogP contribution in [0.5, 0.6) is 5.75 Å². The standard InChI is InChI=1S/C15H16N2O3.ClH/c1-20-15-8-4-13(5-9-15)11-16-10-12-2-6-14(7-3-12)17(18)19;/h2-9,16H,10-11H2,1H3;1H/p-1. The fourth-order valence-electron chi connectivity index (χ4n) is 1.83. The van der Waals surface area contributed by atoms with Crippen molar-refractivity contribution in [3.63, 3.8) is 0 Å². The SMILES string of the molecule is COc1ccc(CNCc2ccc([N+](=O)[O-])cc2)cc1.[Cl-]. The Balaban J connectivity index is 0.00000220. The van der Waals surface area contributed by atoms with Gasteiger partial charge < -0.3 is 22.5 Å². The van der Waals surface area contributed by atoms with Crippen molar-refractivity contribution in [2.75, 3.05) is 7.11 Å². The molecule has 0 unspecified atom stereocenters. The fourth-order valence-corrected chi connectivity index (χ4v) is 1.83. The minimum Gasteiger partial charge on any atom is -1.00 e. The number of nitrogens with one attached hydrogen (secondary N) is 1. The van der Waals surface area contributed by atoms with E-state index in [2.05, 4.69) is 5.32 Å². The van der Waals surface area contributed by atoms with E-state index in [0.717, 1.165) is 23.4 Å². The predicted octanol–water partition coefficient (Wildman–Crippen LogP) is -0.103. The molecule has 0 aliphatic heterocycles. The molecule has 0 spiro atoms. The zero-order valence-electron chi connectivity index (χ0n) is 11.6. The van der Waals surface area contributed by atoms with E-state index in [1.165, 1.54) is 12.1 Å². The van der Waals surface area contributed by atoms with Crippen LogP contribution in [0, 0.1) is 10.1 Å². The summed E-state index contributed by atoms with van der Waals surface area (Å²) in [4.78, 5) is 10.1. The molecule has 0 amide bonds. The number of hydrogen-bond donors (Lipinski definition) is 1. The van der Waals surface area contributed by atoms with Crippen molar-refractivity contribution in [1.29, 1.82) is 0 Å². The molecule has 2 aromatic carbocycles. The molecule has 0 bridgehead atoms. The van der Waals surface area contributed by atoms with Crippen LogP contribution in [0.4, 0.5) is 5.69 Å². The third-order valence-electron chi connectivity index (χ3n) is 2.96. The van der Waals surface area contributed by atoms with Crippen LogP contribution in [0.1, 0.15) is 11.1 Å². The molecule has 21 heavy (non-hydrogen) atoms. The molecule has 0 atom stereocenters. The first kappa shape index (κ1) is 16.9. The van der Waals surface area contributed by atoms with Gasteiger partial charge in [0.05, 0.1) is 12.0 Å². The highest BCUT2D eigenvalue weighted by Crippen LogP contribution is 2.13. The van der Waals surface area contributed by atoms with Gasteiger partial charge in [0.25, 0.3) is 5.69 Å². The number of nitro benzene ring substituents is 1. The first-order valence-electron chi connectivity index (χ1n) is 6.26. The van der Waals surface area contributed by atoms with Gasteiger partial charge in [-0.15, -0.1) is 0 Å². The molecular formula is C15H16ClN2O3-. The summed E-state index contributed by atoms with van der Waals surface area (Å²) in [5.41, 5.74) is 2.29. The third-order valence-corrected chi connectivity index (χ3v) is 2.96. The molecule has 5 nitrogen and oxygen atoms in total. The van der Waals surface area contributed by atoms with Crippen molar-refractivity contribution in [3.05, 3.63) is 69.8 Å². The highest BCUT2D eigenvalue weighted by molar-refractivity contribution is 5.33. The quantitative estimate of drug-likeness (QED) is 0.598. The second-order valence-electron chi connectivity index (χ2n) is 4.38. The van der Waals surface area contributed by atoms with Gasteiger partial charge in [-0.1, -0.05) is 24.3 Å². The number of hydrogen-bond acceptors (Lipinski definition) is 4. The van der Waals surface area contributed by atoms with Crippen molar-refractivity contribution < 1.29 is 22.1 Å². The molecule has 0 aliphatic rings.